The molecule has 46 heavy (non-hydrogen) atoms. The number of amides is 2. The van der Waals surface area contributed by atoms with Gasteiger partial charge in [0.1, 0.15) is 5.65 Å². The first kappa shape index (κ1) is 30.6. The highest BCUT2D eigenvalue weighted by Gasteiger charge is 2.26. The molecule has 4 heterocycles. The Bertz CT molecular complexity index is 2100. The number of nitrogens with one attached hydrogen (secondary N) is 1. The van der Waals surface area contributed by atoms with Crippen molar-refractivity contribution in [3.63, 3.8) is 0 Å². The van der Waals surface area contributed by atoms with Gasteiger partial charge in [-0.3, -0.25) is 18.8 Å². The molecule has 1 aliphatic heterocycles. The first-order chi connectivity index (χ1) is 22.1. The minimum absolute atomic E-state index is 0.0280. The van der Waals surface area contributed by atoms with Gasteiger partial charge in [-0.2, -0.15) is 4.39 Å². The van der Waals surface area contributed by atoms with E-state index in [0.29, 0.717) is 40.9 Å². The number of hydrogen-bond donors (Lipinski definition) is 2. The molecule has 1 fully saturated rings. The number of rotatable bonds is 8. The molecule has 232 valence electrons. The fourth-order valence-corrected chi connectivity index (χ4v) is 6.07. The number of halogens is 2. The highest BCUT2D eigenvalue weighted by molar-refractivity contribution is 6.36. The normalized spacial score (nSPS) is 14.3. The van der Waals surface area contributed by atoms with Crippen LogP contribution in [0.2, 0.25) is 5.02 Å². The van der Waals surface area contributed by atoms with Crippen molar-refractivity contribution in [1.82, 2.24) is 24.6 Å². The van der Waals surface area contributed by atoms with E-state index in [1.807, 2.05) is 31.2 Å². The van der Waals surface area contributed by atoms with Crippen LogP contribution in [0.15, 0.2) is 77.9 Å². The van der Waals surface area contributed by atoms with Gasteiger partial charge in [0.25, 0.3) is 5.56 Å². The fraction of sp³-hybridized carbons (Fsp3) is 0.176. The van der Waals surface area contributed by atoms with Crippen molar-refractivity contribution in [2.24, 2.45) is 0 Å². The number of carboxylic acid groups (broad SMARTS) is 1. The summed E-state index contributed by atoms with van der Waals surface area (Å²) in [5.41, 5.74) is 4.92. The second kappa shape index (κ2) is 12.5. The van der Waals surface area contributed by atoms with Gasteiger partial charge >= 0.3 is 6.09 Å². The summed E-state index contributed by atoms with van der Waals surface area (Å²) in [6, 6.07) is 17.5. The molecule has 0 aliphatic carbocycles. The molecule has 2 amide bonds. The summed E-state index contributed by atoms with van der Waals surface area (Å²) in [6.07, 6.45) is 2.94. The average Bonchev–Trinajstić information content (AvgIpc) is 3.46. The van der Waals surface area contributed by atoms with Gasteiger partial charge in [0.05, 0.1) is 22.8 Å². The largest absolute Gasteiger partial charge is 0.465 e. The minimum atomic E-state index is -1.22. The van der Waals surface area contributed by atoms with Crippen LogP contribution in [0, 0.1) is 12.9 Å². The van der Waals surface area contributed by atoms with Gasteiger partial charge in [-0.1, -0.05) is 54.1 Å². The smallest absolute Gasteiger partial charge is 0.407 e. The maximum atomic E-state index is 15.3. The van der Waals surface area contributed by atoms with Crippen LogP contribution in [0.3, 0.4) is 0 Å². The highest BCUT2D eigenvalue weighted by Crippen LogP contribution is 2.39. The second-order valence-electron chi connectivity index (χ2n) is 11.0. The zero-order valence-electron chi connectivity index (χ0n) is 24.5. The van der Waals surface area contributed by atoms with E-state index < -0.39 is 17.6 Å². The van der Waals surface area contributed by atoms with E-state index in [2.05, 4.69) is 15.3 Å². The minimum Gasteiger partial charge on any atom is -0.465 e. The van der Waals surface area contributed by atoms with E-state index in [-0.39, 0.29) is 41.9 Å². The molecule has 3 aromatic heterocycles. The van der Waals surface area contributed by atoms with E-state index in [4.69, 9.17) is 11.6 Å². The van der Waals surface area contributed by atoms with E-state index >= 15 is 4.39 Å². The third-order valence-electron chi connectivity index (χ3n) is 8.16. The van der Waals surface area contributed by atoms with Gasteiger partial charge in [-0.05, 0) is 53.8 Å². The van der Waals surface area contributed by atoms with Crippen LogP contribution in [0.4, 0.5) is 9.18 Å². The number of aldehydes is 1. The van der Waals surface area contributed by atoms with Crippen molar-refractivity contribution < 1.29 is 23.9 Å². The Labute approximate surface area is 267 Å². The maximum Gasteiger partial charge on any atom is 0.407 e. The summed E-state index contributed by atoms with van der Waals surface area (Å²) in [4.78, 5) is 56.5. The first-order valence-corrected chi connectivity index (χ1v) is 14.8. The average molecular weight is 640 g/mol. The lowest BCUT2D eigenvalue weighted by molar-refractivity contribution is -0.119. The molecule has 10 nitrogen and oxygen atoms in total. The summed E-state index contributed by atoms with van der Waals surface area (Å²) in [5.74, 6) is -0.948. The van der Waals surface area contributed by atoms with Crippen LogP contribution in [0.25, 0.3) is 39.2 Å². The van der Waals surface area contributed by atoms with Crippen molar-refractivity contribution >= 4 is 35.5 Å². The molecule has 5 aromatic rings. The van der Waals surface area contributed by atoms with Crippen molar-refractivity contribution in [3.8, 4) is 33.5 Å². The number of fused-ring (bicyclic) bond motifs is 1. The van der Waals surface area contributed by atoms with Gasteiger partial charge in [0, 0.05) is 48.1 Å². The standard InChI is InChI=1S/C34H27ClFN5O5/c1-19-24(20-12-13-41-29(14-20)37-15-22(18-42)33(41)44)4-2-5-25(19)26-6-3-7-27(31(26)35)28-10-8-21(32(36)39-28)16-40(34(45)46)17-23-9-11-30(43)38-23/h2-8,10,12-15,18,23H,9,11,16-17H2,1H3,(H,38,43)(H,45,46)/t23-/m0/s1. The lowest BCUT2D eigenvalue weighted by atomic mass is 9.92. The SMILES string of the molecule is Cc1c(-c2ccn3c(=O)c(C=O)cnc3c2)cccc1-c1cccc(-c2ccc(CN(C[C@@H]3CCC(=O)N3)C(=O)O)c(F)n2)c1Cl. The van der Waals surface area contributed by atoms with Gasteiger partial charge in [0.2, 0.25) is 11.9 Å². The Kier molecular flexibility index (Phi) is 8.33. The molecule has 2 N–H and O–H groups in total. The number of pyridine rings is 2. The monoisotopic (exact) mass is 639 g/mol. The van der Waals surface area contributed by atoms with Crippen molar-refractivity contribution in [1.29, 1.82) is 0 Å². The quantitative estimate of drug-likeness (QED) is 0.163. The summed E-state index contributed by atoms with van der Waals surface area (Å²) < 4.78 is 16.6. The van der Waals surface area contributed by atoms with Gasteiger partial charge in [-0.25, -0.2) is 14.8 Å². The molecule has 0 spiro atoms. The molecule has 0 saturated carbocycles. The van der Waals surface area contributed by atoms with Gasteiger partial charge in [-0.15, -0.1) is 0 Å². The number of carbonyl (C=O) groups excluding carboxylic acids is 2. The van der Waals surface area contributed by atoms with Crippen LogP contribution in [-0.2, 0) is 11.3 Å². The Morgan fingerprint density at radius 3 is 2.54 bits per heavy atom. The van der Waals surface area contributed by atoms with Crippen LogP contribution in [-0.4, -0.2) is 55.2 Å². The number of nitrogens with zero attached hydrogens (tertiary/aromatic N) is 4. The third kappa shape index (κ3) is 5.84. The van der Waals surface area contributed by atoms with Gasteiger partial charge < -0.3 is 15.3 Å². The predicted octanol–water partition coefficient (Wildman–Crippen LogP) is 5.76. The molecule has 2 aromatic carbocycles. The highest BCUT2D eigenvalue weighted by atomic mass is 35.5. The molecule has 0 bridgehead atoms. The molecule has 12 heteroatoms. The lowest BCUT2D eigenvalue weighted by Crippen LogP contribution is -2.41. The van der Waals surface area contributed by atoms with Crippen LogP contribution in [0.5, 0.6) is 0 Å². The molecular weight excluding hydrogens is 613 g/mol. The first-order valence-electron chi connectivity index (χ1n) is 14.4. The number of carbonyl (C=O) groups is 3. The Balaban J connectivity index is 1.30. The Hall–Kier alpha value is -5.42. The Morgan fingerprint density at radius 1 is 1.11 bits per heavy atom. The summed E-state index contributed by atoms with van der Waals surface area (Å²) >= 11 is 6.94. The van der Waals surface area contributed by atoms with Crippen LogP contribution >= 0.6 is 11.6 Å². The number of benzene rings is 2. The summed E-state index contributed by atoms with van der Waals surface area (Å²) in [7, 11) is 0. The molecule has 0 unspecified atom stereocenters. The Morgan fingerprint density at radius 2 is 1.85 bits per heavy atom. The fourth-order valence-electron chi connectivity index (χ4n) is 5.74. The van der Waals surface area contributed by atoms with E-state index in [1.165, 1.54) is 16.7 Å². The van der Waals surface area contributed by atoms with Crippen molar-refractivity contribution in [2.75, 3.05) is 6.54 Å². The van der Waals surface area contributed by atoms with E-state index in [1.54, 1.807) is 36.5 Å². The maximum absolute atomic E-state index is 15.3. The molecule has 1 saturated heterocycles. The zero-order chi connectivity index (χ0) is 32.5. The van der Waals surface area contributed by atoms with Gasteiger partial charge in [0.15, 0.2) is 6.29 Å². The molecule has 6 rings (SSSR count). The van der Waals surface area contributed by atoms with E-state index in [0.717, 1.165) is 27.2 Å². The van der Waals surface area contributed by atoms with Crippen LogP contribution in [0.1, 0.15) is 34.3 Å². The summed E-state index contributed by atoms with van der Waals surface area (Å²) in [5, 5.41) is 12.8. The summed E-state index contributed by atoms with van der Waals surface area (Å²) in [6.45, 7) is 1.77. The molecule has 0 radical (unpaired) electrons. The topological polar surface area (TPSA) is 134 Å². The van der Waals surface area contributed by atoms with Crippen LogP contribution < -0.4 is 10.9 Å². The molecule has 1 atom stereocenters. The van der Waals surface area contributed by atoms with Crippen molar-refractivity contribution in [2.45, 2.75) is 32.4 Å². The molecular formula is C34H27ClFN5O5. The number of aromatic nitrogens is 3. The van der Waals surface area contributed by atoms with E-state index in [9.17, 15) is 24.3 Å². The number of hydrogen-bond acceptors (Lipinski definition) is 6. The predicted molar refractivity (Wildman–Crippen MR) is 170 cm³/mol. The second-order valence-corrected chi connectivity index (χ2v) is 11.4. The third-order valence-corrected chi connectivity index (χ3v) is 8.56. The zero-order valence-corrected chi connectivity index (χ0v) is 25.3. The van der Waals surface area contributed by atoms with Crippen molar-refractivity contribution in [3.05, 3.63) is 111 Å². The molecule has 1 aliphatic rings. The lowest BCUT2D eigenvalue weighted by Gasteiger charge is -2.23.